The lowest BCUT2D eigenvalue weighted by atomic mass is 10.1. The van der Waals surface area contributed by atoms with Crippen molar-refractivity contribution >= 4 is 22.0 Å². The van der Waals surface area contributed by atoms with Crippen molar-refractivity contribution in [2.45, 2.75) is 19.5 Å². The first-order valence-electron chi connectivity index (χ1n) is 6.34. The third kappa shape index (κ3) is 4.06. The lowest BCUT2D eigenvalue weighted by Gasteiger charge is -2.16. The predicted octanol–water partition coefficient (Wildman–Crippen LogP) is 3.40. The SMILES string of the molecule is C[C@@H](NC(=O)NCc1cccnc1)c1ccccc1Br. The zero-order valence-electron chi connectivity index (χ0n) is 11.1. The van der Waals surface area contributed by atoms with Crippen LogP contribution in [0.2, 0.25) is 0 Å². The maximum atomic E-state index is 11.9. The molecule has 0 unspecified atom stereocenters. The van der Waals surface area contributed by atoms with E-state index in [1.807, 2.05) is 43.3 Å². The molecular formula is C15H16BrN3O. The zero-order valence-corrected chi connectivity index (χ0v) is 12.7. The molecule has 2 rings (SSSR count). The minimum absolute atomic E-state index is 0.0699. The third-order valence-electron chi connectivity index (χ3n) is 2.90. The van der Waals surface area contributed by atoms with Crippen molar-refractivity contribution in [2.24, 2.45) is 0 Å². The van der Waals surface area contributed by atoms with Crippen molar-refractivity contribution in [3.05, 3.63) is 64.4 Å². The number of rotatable bonds is 4. The normalized spacial score (nSPS) is 11.7. The quantitative estimate of drug-likeness (QED) is 0.900. The summed E-state index contributed by atoms with van der Waals surface area (Å²) in [7, 11) is 0. The van der Waals surface area contributed by atoms with Gasteiger partial charge in [-0.05, 0) is 30.2 Å². The van der Waals surface area contributed by atoms with Crippen LogP contribution in [-0.4, -0.2) is 11.0 Å². The van der Waals surface area contributed by atoms with Crippen LogP contribution in [0.3, 0.4) is 0 Å². The molecule has 0 aliphatic rings. The molecule has 4 nitrogen and oxygen atoms in total. The van der Waals surface area contributed by atoms with E-state index < -0.39 is 0 Å². The summed E-state index contributed by atoms with van der Waals surface area (Å²) in [5.41, 5.74) is 2.01. The molecule has 5 heteroatoms. The summed E-state index contributed by atoms with van der Waals surface area (Å²) in [6.45, 7) is 2.41. The van der Waals surface area contributed by atoms with Gasteiger partial charge in [0.25, 0.3) is 0 Å². The second-order valence-electron chi connectivity index (χ2n) is 4.43. The average molecular weight is 334 g/mol. The van der Waals surface area contributed by atoms with E-state index in [0.29, 0.717) is 6.54 Å². The van der Waals surface area contributed by atoms with Crippen molar-refractivity contribution in [2.75, 3.05) is 0 Å². The van der Waals surface area contributed by atoms with Crippen LogP contribution in [-0.2, 0) is 6.54 Å². The van der Waals surface area contributed by atoms with E-state index in [1.54, 1.807) is 12.4 Å². The van der Waals surface area contributed by atoms with Crippen LogP contribution in [0, 0.1) is 0 Å². The van der Waals surface area contributed by atoms with Crippen LogP contribution in [0.4, 0.5) is 4.79 Å². The molecule has 0 aliphatic heterocycles. The Kier molecular flexibility index (Phi) is 5.12. The van der Waals surface area contributed by atoms with Gasteiger partial charge in [0.15, 0.2) is 0 Å². The maximum Gasteiger partial charge on any atom is 0.315 e. The maximum absolute atomic E-state index is 11.9. The fraction of sp³-hybridized carbons (Fsp3) is 0.200. The van der Waals surface area contributed by atoms with Crippen LogP contribution in [0.15, 0.2) is 53.3 Å². The molecule has 0 fully saturated rings. The molecule has 1 atom stereocenters. The van der Waals surface area contributed by atoms with Gasteiger partial charge >= 0.3 is 6.03 Å². The highest BCUT2D eigenvalue weighted by molar-refractivity contribution is 9.10. The van der Waals surface area contributed by atoms with Crippen LogP contribution < -0.4 is 10.6 Å². The molecule has 0 spiro atoms. The molecule has 2 N–H and O–H groups in total. The van der Waals surface area contributed by atoms with E-state index in [9.17, 15) is 4.79 Å². The average Bonchev–Trinajstić information content (AvgIpc) is 2.46. The number of nitrogens with one attached hydrogen (secondary N) is 2. The van der Waals surface area contributed by atoms with E-state index in [2.05, 4.69) is 31.5 Å². The number of urea groups is 1. The number of nitrogens with zero attached hydrogens (tertiary/aromatic N) is 1. The first kappa shape index (κ1) is 14.5. The summed E-state index contributed by atoms with van der Waals surface area (Å²) < 4.78 is 0.986. The molecule has 0 aliphatic carbocycles. The summed E-state index contributed by atoms with van der Waals surface area (Å²) >= 11 is 3.48. The van der Waals surface area contributed by atoms with E-state index in [-0.39, 0.29) is 12.1 Å². The number of carbonyl (C=O) groups excluding carboxylic acids is 1. The van der Waals surface area contributed by atoms with E-state index in [0.717, 1.165) is 15.6 Å². The molecule has 0 saturated heterocycles. The van der Waals surface area contributed by atoms with Gasteiger partial charge in [-0.1, -0.05) is 40.2 Å². The molecule has 1 heterocycles. The van der Waals surface area contributed by atoms with Crippen LogP contribution in [0.25, 0.3) is 0 Å². The Hall–Kier alpha value is -1.88. The highest BCUT2D eigenvalue weighted by Crippen LogP contribution is 2.22. The van der Waals surface area contributed by atoms with Crippen molar-refractivity contribution in [1.82, 2.24) is 15.6 Å². The number of carbonyl (C=O) groups is 1. The lowest BCUT2D eigenvalue weighted by molar-refractivity contribution is 0.237. The van der Waals surface area contributed by atoms with Crippen molar-refractivity contribution < 1.29 is 4.79 Å². The van der Waals surface area contributed by atoms with Gasteiger partial charge in [0, 0.05) is 23.4 Å². The van der Waals surface area contributed by atoms with Crippen LogP contribution >= 0.6 is 15.9 Å². The van der Waals surface area contributed by atoms with Crippen molar-refractivity contribution in [3.63, 3.8) is 0 Å². The van der Waals surface area contributed by atoms with Crippen molar-refractivity contribution in [3.8, 4) is 0 Å². The van der Waals surface area contributed by atoms with E-state index in [4.69, 9.17) is 0 Å². The number of halogens is 1. The van der Waals surface area contributed by atoms with Gasteiger partial charge < -0.3 is 10.6 Å². The van der Waals surface area contributed by atoms with Gasteiger partial charge in [-0.3, -0.25) is 4.98 Å². The third-order valence-corrected chi connectivity index (χ3v) is 3.62. The molecule has 0 saturated carbocycles. The highest BCUT2D eigenvalue weighted by atomic mass is 79.9. The van der Waals surface area contributed by atoms with E-state index >= 15 is 0 Å². The van der Waals surface area contributed by atoms with Gasteiger partial charge in [-0.2, -0.15) is 0 Å². The minimum Gasteiger partial charge on any atom is -0.334 e. The second-order valence-corrected chi connectivity index (χ2v) is 5.29. The number of hydrogen-bond donors (Lipinski definition) is 2. The summed E-state index contributed by atoms with van der Waals surface area (Å²) in [5.74, 6) is 0. The van der Waals surface area contributed by atoms with Crippen molar-refractivity contribution in [1.29, 1.82) is 0 Å². The van der Waals surface area contributed by atoms with Gasteiger partial charge in [0.05, 0.1) is 6.04 Å². The molecule has 2 amide bonds. The van der Waals surface area contributed by atoms with Gasteiger partial charge in [-0.15, -0.1) is 0 Å². The Balaban J connectivity index is 1.87. The second kappa shape index (κ2) is 7.05. The molecule has 1 aromatic carbocycles. The van der Waals surface area contributed by atoms with Gasteiger partial charge in [0.2, 0.25) is 0 Å². The minimum atomic E-state index is -0.197. The predicted molar refractivity (Wildman–Crippen MR) is 82.2 cm³/mol. The van der Waals surface area contributed by atoms with Crippen LogP contribution in [0.1, 0.15) is 24.1 Å². The Morgan fingerprint density at radius 2 is 2.10 bits per heavy atom. The Labute approximate surface area is 126 Å². The molecule has 2 aromatic rings. The molecule has 0 radical (unpaired) electrons. The lowest BCUT2D eigenvalue weighted by Crippen LogP contribution is -2.36. The standard InChI is InChI=1S/C15H16BrN3O/c1-11(13-6-2-3-7-14(13)16)19-15(20)18-10-12-5-4-8-17-9-12/h2-9,11H,10H2,1H3,(H2,18,19,20)/t11-/m1/s1. The van der Waals surface area contributed by atoms with Crippen LogP contribution in [0.5, 0.6) is 0 Å². The summed E-state index contributed by atoms with van der Waals surface area (Å²) in [6, 6.07) is 11.3. The largest absolute Gasteiger partial charge is 0.334 e. The molecule has 20 heavy (non-hydrogen) atoms. The van der Waals surface area contributed by atoms with E-state index in [1.165, 1.54) is 0 Å². The molecular weight excluding hydrogens is 318 g/mol. The fourth-order valence-electron chi connectivity index (χ4n) is 1.84. The van der Waals surface area contributed by atoms with Gasteiger partial charge in [0.1, 0.15) is 0 Å². The molecule has 1 aromatic heterocycles. The monoisotopic (exact) mass is 333 g/mol. The molecule has 104 valence electrons. The molecule has 0 bridgehead atoms. The van der Waals surface area contributed by atoms with Gasteiger partial charge in [-0.25, -0.2) is 4.79 Å². The Morgan fingerprint density at radius 1 is 1.30 bits per heavy atom. The Morgan fingerprint density at radius 3 is 2.80 bits per heavy atom. The highest BCUT2D eigenvalue weighted by Gasteiger charge is 2.11. The number of aromatic nitrogens is 1. The topological polar surface area (TPSA) is 54.0 Å². The number of benzene rings is 1. The summed E-state index contributed by atoms with van der Waals surface area (Å²) in [4.78, 5) is 15.9. The number of hydrogen-bond acceptors (Lipinski definition) is 2. The summed E-state index contributed by atoms with van der Waals surface area (Å²) in [6.07, 6.45) is 3.44. The smallest absolute Gasteiger partial charge is 0.315 e. The first-order chi connectivity index (χ1) is 9.66. The summed E-state index contributed by atoms with van der Waals surface area (Å²) in [5, 5.41) is 5.72. The fourth-order valence-corrected chi connectivity index (χ4v) is 2.46. The zero-order chi connectivity index (χ0) is 14.4. The first-order valence-corrected chi connectivity index (χ1v) is 7.14. The number of pyridine rings is 1. The Bertz CT molecular complexity index is 574. The number of amides is 2.